The second kappa shape index (κ2) is 12.3. The zero-order valence-corrected chi connectivity index (χ0v) is 21.3. The van der Waals surface area contributed by atoms with Crippen LogP contribution < -0.4 is 5.32 Å². The molecule has 1 unspecified atom stereocenters. The molecule has 0 spiro atoms. The molecule has 196 valence electrons. The van der Waals surface area contributed by atoms with Gasteiger partial charge in [0, 0.05) is 39.8 Å². The number of nitrogens with zero attached hydrogens (tertiary/aromatic N) is 2. The average Bonchev–Trinajstić information content (AvgIpc) is 3.39. The highest BCUT2D eigenvalue weighted by atomic mass is 35.5. The lowest BCUT2D eigenvalue weighted by atomic mass is 10.1. The highest BCUT2D eigenvalue weighted by molar-refractivity contribution is 6.35. The van der Waals surface area contributed by atoms with Crippen molar-refractivity contribution in [3.63, 3.8) is 0 Å². The lowest BCUT2D eigenvalue weighted by molar-refractivity contribution is -0.137. The Morgan fingerprint density at radius 1 is 1.05 bits per heavy atom. The third-order valence-electron chi connectivity index (χ3n) is 5.58. The van der Waals surface area contributed by atoms with E-state index >= 15 is 0 Å². The number of benzene rings is 3. The molecule has 1 amide bonds. The lowest BCUT2D eigenvalue weighted by Crippen LogP contribution is -2.12. The summed E-state index contributed by atoms with van der Waals surface area (Å²) < 4.78 is 46.1. The number of hydrogen-bond donors (Lipinski definition) is 1. The van der Waals surface area contributed by atoms with Gasteiger partial charge >= 0.3 is 6.18 Å². The Bertz CT molecular complexity index is 1390. The van der Waals surface area contributed by atoms with Crippen LogP contribution in [0.3, 0.4) is 0 Å². The maximum absolute atomic E-state index is 12.7. The number of rotatable bonds is 9. The molecule has 5 nitrogen and oxygen atoms in total. The first-order valence-corrected chi connectivity index (χ1v) is 12.2. The number of alkyl halides is 3. The molecule has 0 bridgehead atoms. The van der Waals surface area contributed by atoms with Crippen molar-refractivity contribution in [3.05, 3.63) is 124 Å². The van der Waals surface area contributed by atoms with Crippen molar-refractivity contribution in [2.75, 3.05) is 5.32 Å². The summed E-state index contributed by atoms with van der Waals surface area (Å²) >= 11 is 12.5. The summed E-state index contributed by atoms with van der Waals surface area (Å²) in [6.45, 7) is 0.826. The van der Waals surface area contributed by atoms with E-state index in [4.69, 9.17) is 27.9 Å². The summed E-state index contributed by atoms with van der Waals surface area (Å²) in [6, 6.07) is 17.0. The first-order valence-electron chi connectivity index (χ1n) is 11.4. The minimum atomic E-state index is -4.43. The van der Waals surface area contributed by atoms with Gasteiger partial charge in [0.05, 0.1) is 25.0 Å². The number of amides is 1. The summed E-state index contributed by atoms with van der Waals surface area (Å²) in [6.07, 6.45) is 3.39. The molecule has 1 N–H and O–H groups in total. The quantitative estimate of drug-likeness (QED) is 0.213. The van der Waals surface area contributed by atoms with E-state index in [-0.39, 0.29) is 11.8 Å². The number of imidazole rings is 1. The molecule has 0 aliphatic carbocycles. The van der Waals surface area contributed by atoms with Gasteiger partial charge in [-0.1, -0.05) is 53.5 Å². The van der Waals surface area contributed by atoms with Crippen molar-refractivity contribution in [1.29, 1.82) is 0 Å². The zero-order chi connectivity index (χ0) is 27.1. The van der Waals surface area contributed by atoms with Gasteiger partial charge in [-0.3, -0.25) is 4.79 Å². The molecule has 4 rings (SSSR count). The van der Waals surface area contributed by atoms with Crippen molar-refractivity contribution in [2.45, 2.75) is 25.4 Å². The van der Waals surface area contributed by atoms with Gasteiger partial charge in [0.25, 0.3) is 0 Å². The van der Waals surface area contributed by atoms with E-state index < -0.39 is 17.6 Å². The molecule has 0 saturated heterocycles. The summed E-state index contributed by atoms with van der Waals surface area (Å²) in [5, 5.41) is 3.59. The van der Waals surface area contributed by atoms with Crippen molar-refractivity contribution in [2.24, 2.45) is 0 Å². The molecule has 4 aromatic rings. The zero-order valence-electron chi connectivity index (χ0n) is 19.8. The van der Waals surface area contributed by atoms with E-state index in [0.717, 1.165) is 28.8 Å². The third-order valence-corrected chi connectivity index (χ3v) is 6.15. The van der Waals surface area contributed by atoms with Crippen LogP contribution in [-0.4, -0.2) is 15.5 Å². The normalized spacial score (nSPS) is 12.6. The SMILES string of the molecule is O=C(/C=C/c1ccc(COC(Cn2ccnc2)c2ccc(Cl)cc2Cl)cc1)Nc1ccc(C(F)(F)F)cc1. The topological polar surface area (TPSA) is 56.2 Å². The Labute approximate surface area is 227 Å². The van der Waals surface area contributed by atoms with Gasteiger partial charge in [0.2, 0.25) is 5.91 Å². The minimum absolute atomic E-state index is 0.270. The number of carbonyl (C=O) groups excluding carboxylic acids is 1. The highest BCUT2D eigenvalue weighted by Gasteiger charge is 2.30. The summed E-state index contributed by atoms with van der Waals surface area (Å²) in [5.74, 6) is -0.459. The smallest absolute Gasteiger partial charge is 0.367 e. The fourth-order valence-electron chi connectivity index (χ4n) is 3.61. The van der Waals surface area contributed by atoms with Crippen LogP contribution in [0, 0.1) is 0 Å². The van der Waals surface area contributed by atoms with E-state index in [1.807, 2.05) is 41.1 Å². The molecule has 3 aromatic carbocycles. The van der Waals surface area contributed by atoms with Gasteiger partial charge in [0.15, 0.2) is 0 Å². The lowest BCUT2D eigenvalue weighted by Gasteiger charge is -2.20. The second-order valence-electron chi connectivity index (χ2n) is 8.36. The molecule has 1 atom stereocenters. The first kappa shape index (κ1) is 27.4. The Morgan fingerprint density at radius 3 is 2.42 bits per heavy atom. The minimum Gasteiger partial charge on any atom is -0.367 e. The molecule has 38 heavy (non-hydrogen) atoms. The van der Waals surface area contributed by atoms with Gasteiger partial charge in [-0.05, 0) is 53.6 Å². The number of nitrogens with one attached hydrogen (secondary N) is 1. The number of anilines is 1. The van der Waals surface area contributed by atoms with Crippen molar-refractivity contribution >= 4 is 40.9 Å². The fourth-order valence-corrected chi connectivity index (χ4v) is 4.14. The van der Waals surface area contributed by atoms with E-state index in [1.165, 1.54) is 18.2 Å². The van der Waals surface area contributed by atoms with Gasteiger partial charge in [0.1, 0.15) is 6.10 Å². The summed E-state index contributed by atoms with van der Waals surface area (Å²) in [4.78, 5) is 16.2. The first-order chi connectivity index (χ1) is 18.2. The van der Waals surface area contributed by atoms with E-state index in [2.05, 4.69) is 10.3 Å². The van der Waals surface area contributed by atoms with Crippen LogP contribution in [0.5, 0.6) is 0 Å². The molecule has 0 saturated carbocycles. The van der Waals surface area contributed by atoms with Crippen LogP contribution in [-0.2, 0) is 28.9 Å². The second-order valence-corrected chi connectivity index (χ2v) is 9.21. The molecule has 10 heteroatoms. The number of halogens is 5. The van der Waals surface area contributed by atoms with Crippen molar-refractivity contribution in [1.82, 2.24) is 9.55 Å². The Kier molecular flexibility index (Phi) is 8.89. The van der Waals surface area contributed by atoms with Crippen LogP contribution in [0.25, 0.3) is 6.08 Å². The van der Waals surface area contributed by atoms with E-state index in [1.54, 1.807) is 30.7 Å². The van der Waals surface area contributed by atoms with E-state index in [9.17, 15) is 18.0 Å². The Balaban J connectivity index is 1.35. The summed E-state index contributed by atoms with van der Waals surface area (Å²) in [5.41, 5.74) is 1.98. The molecule has 1 aromatic heterocycles. The standard InChI is InChI=1S/C28H22Cl2F3N3O2/c29-22-8-11-24(25(30)15-22)26(16-36-14-13-34-18-36)38-17-20-3-1-19(2-4-20)5-12-27(37)35-23-9-6-21(7-10-23)28(31,32)33/h1-15,18,26H,16-17H2,(H,35,37)/b12-5+. The van der Waals surface area contributed by atoms with Crippen LogP contribution >= 0.6 is 23.2 Å². The highest BCUT2D eigenvalue weighted by Crippen LogP contribution is 2.31. The van der Waals surface area contributed by atoms with Crippen molar-refractivity contribution < 1.29 is 22.7 Å². The van der Waals surface area contributed by atoms with Crippen molar-refractivity contribution in [3.8, 4) is 0 Å². The molecular formula is C28H22Cl2F3N3O2. The number of aromatic nitrogens is 2. The molecule has 0 aliphatic rings. The maximum Gasteiger partial charge on any atom is 0.416 e. The average molecular weight is 560 g/mol. The maximum atomic E-state index is 12.7. The van der Waals surface area contributed by atoms with Gasteiger partial charge in [-0.15, -0.1) is 0 Å². The predicted octanol–water partition coefficient (Wildman–Crippen LogP) is 7.82. The Hall–Kier alpha value is -3.59. The number of ether oxygens (including phenoxy) is 1. The monoisotopic (exact) mass is 559 g/mol. The van der Waals surface area contributed by atoms with E-state index in [0.29, 0.717) is 23.2 Å². The van der Waals surface area contributed by atoms with Crippen LogP contribution in [0.15, 0.2) is 91.5 Å². The van der Waals surface area contributed by atoms with Crippen LogP contribution in [0.4, 0.5) is 18.9 Å². The number of hydrogen-bond acceptors (Lipinski definition) is 3. The number of carbonyl (C=O) groups is 1. The molecule has 1 heterocycles. The Morgan fingerprint density at radius 2 is 1.79 bits per heavy atom. The van der Waals surface area contributed by atoms with Crippen LogP contribution in [0.1, 0.15) is 28.4 Å². The molecule has 0 radical (unpaired) electrons. The van der Waals surface area contributed by atoms with Gasteiger partial charge in [-0.2, -0.15) is 13.2 Å². The fraction of sp³-hybridized carbons (Fsp3) is 0.143. The largest absolute Gasteiger partial charge is 0.416 e. The van der Waals surface area contributed by atoms with Gasteiger partial charge in [-0.25, -0.2) is 4.98 Å². The molecule has 0 fully saturated rings. The van der Waals surface area contributed by atoms with Crippen LogP contribution in [0.2, 0.25) is 10.0 Å². The van der Waals surface area contributed by atoms with Gasteiger partial charge < -0.3 is 14.6 Å². The predicted molar refractivity (Wildman–Crippen MR) is 142 cm³/mol. The molecular weight excluding hydrogens is 538 g/mol. The third kappa shape index (κ3) is 7.71. The molecule has 0 aliphatic heterocycles. The summed E-state index contributed by atoms with van der Waals surface area (Å²) in [7, 11) is 0.